The molecule has 1 fully saturated rings. The molecular formula is C17H22FNO4. The number of benzene rings is 1. The Morgan fingerprint density at radius 1 is 1.35 bits per heavy atom. The first-order chi connectivity index (χ1) is 11.0. The van der Waals surface area contributed by atoms with Crippen LogP contribution < -0.4 is 10.1 Å². The number of methoxy groups -OCH3 is 1. The molecule has 0 saturated heterocycles. The fraction of sp³-hybridized carbons (Fsp3) is 0.529. The zero-order chi connectivity index (χ0) is 16.8. The molecule has 1 atom stereocenters. The zero-order valence-corrected chi connectivity index (χ0v) is 13.4. The molecule has 0 unspecified atom stereocenters. The summed E-state index contributed by atoms with van der Waals surface area (Å²) >= 11 is 0. The van der Waals surface area contributed by atoms with Gasteiger partial charge in [-0.3, -0.25) is 9.59 Å². The lowest BCUT2D eigenvalue weighted by Crippen LogP contribution is -2.41. The van der Waals surface area contributed by atoms with Gasteiger partial charge in [-0.05, 0) is 37.5 Å². The maximum Gasteiger partial charge on any atom is 0.311 e. The number of hydrogen-bond acceptors (Lipinski definition) is 4. The first-order valence-electron chi connectivity index (χ1n) is 7.82. The monoisotopic (exact) mass is 323 g/mol. The van der Waals surface area contributed by atoms with Gasteiger partial charge in [-0.15, -0.1) is 0 Å². The molecule has 0 radical (unpaired) electrons. The molecule has 0 aliphatic heterocycles. The van der Waals surface area contributed by atoms with Gasteiger partial charge < -0.3 is 14.8 Å². The van der Waals surface area contributed by atoms with Gasteiger partial charge >= 0.3 is 5.97 Å². The molecule has 1 amide bonds. The molecule has 1 saturated carbocycles. The van der Waals surface area contributed by atoms with Crippen molar-refractivity contribution in [2.24, 2.45) is 0 Å². The van der Waals surface area contributed by atoms with Gasteiger partial charge in [0.2, 0.25) is 0 Å². The van der Waals surface area contributed by atoms with E-state index in [0.717, 1.165) is 25.7 Å². The van der Waals surface area contributed by atoms with Crippen molar-refractivity contribution >= 4 is 11.9 Å². The lowest BCUT2D eigenvalue weighted by molar-refractivity contribution is -0.154. The van der Waals surface area contributed by atoms with Crippen LogP contribution in [0.25, 0.3) is 0 Å². The Labute approximate surface area is 135 Å². The van der Waals surface area contributed by atoms with Crippen LogP contribution in [0.5, 0.6) is 5.75 Å². The minimum atomic E-state index is -0.855. The van der Waals surface area contributed by atoms with Gasteiger partial charge in [-0.2, -0.15) is 0 Å². The summed E-state index contributed by atoms with van der Waals surface area (Å²) < 4.78 is 23.5. The van der Waals surface area contributed by atoms with E-state index in [-0.39, 0.29) is 24.1 Å². The van der Waals surface area contributed by atoms with Crippen molar-refractivity contribution in [1.29, 1.82) is 0 Å². The molecule has 6 heteroatoms. The predicted molar refractivity (Wildman–Crippen MR) is 82.6 cm³/mol. The van der Waals surface area contributed by atoms with Crippen LogP contribution in [0.2, 0.25) is 0 Å². The molecule has 1 aliphatic rings. The van der Waals surface area contributed by atoms with Crippen molar-refractivity contribution in [2.75, 3.05) is 7.11 Å². The minimum absolute atomic E-state index is 0.0953. The molecule has 5 nitrogen and oxygen atoms in total. The fourth-order valence-corrected chi connectivity index (χ4v) is 2.67. The summed E-state index contributed by atoms with van der Waals surface area (Å²) in [4.78, 5) is 23.8. The average molecular weight is 323 g/mol. The van der Waals surface area contributed by atoms with Crippen LogP contribution >= 0.6 is 0 Å². The van der Waals surface area contributed by atoms with E-state index < -0.39 is 17.9 Å². The molecule has 0 heterocycles. The maximum absolute atomic E-state index is 13.6. The summed E-state index contributed by atoms with van der Waals surface area (Å²) in [7, 11) is 1.37. The summed E-state index contributed by atoms with van der Waals surface area (Å²) in [6.07, 6.45) is 3.22. The van der Waals surface area contributed by atoms with Crippen molar-refractivity contribution in [3.63, 3.8) is 0 Å². The Kier molecular flexibility index (Phi) is 5.96. The summed E-state index contributed by atoms with van der Waals surface area (Å²) in [5.74, 6) is -1.27. The molecule has 126 valence electrons. The molecule has 1 aliphatic carbocycles. The van der Waals surface area contributed by atoms with Crippen LogP contribution in [-0.4, -0.2) is 31.1 Å². The first kappa shape index (κ1) is 17.2. The number of hydrogen-bond donors (Lipinski definition) is 1. The Morgan fingerprint density at radius 3 is 2.65 bits per heavy atom. The standard InChI is InChI=1S/C17H22FNO4/c1-11(17(21)19-13-5-3-4-6-13)23-16(20)10-12-7-8-15(22-2)14(18)9-12/h7-9,11,13H,3-6,10H2,1-2H3,(H,19,21)/t11-/m0/s1. The quantitative estimate of drug-likeness (QED) is 0.816. The number of halogens is 1. The normalized spacial score (nSPS) is 16.0. The van der Waals surface area contributed by atoms with Crippen molar-refractivity contribution in [1.82, 2.24) is 5.32 Å². The minimum Gasteiger partial charge on any atom is -0.494 e. The number of ether oxygens (including phenoxy) is 2. The van der Waals surface area contributed by atoms with E-state index in [1.165, 1.54) is 26.2 Å². The molecule has 0 bridgehead atoms. The van der Waals surface area contributed by atoms with Crippen LogP contribution in [0.3, 0.4) is 0 Å². The number of nitrogens with one attached hydrogen (secondary N) is 1. The van der Waals surface area contributed by atoms with Crippen molar-refractivity contribution in [2.45, 2.75) is 51.2 Å². The summed E-state index contributed by atoms with van der Waals surface area (Å²) in [5.41, 5.74) is 0.469. The molecule has 1 N–H and O–H groups in total. The second kappa shape index (κ2) is 7.94. The lowest BCUT2D eigenvalue weighted by Gasteiger charge is -2.17. The van der Waals surface area contributed by atoms with Crippen LogP contribution in [0.1, 0.15) is 38.2 Å². The van der Waals surface area contributed by atoms with E-state index in [2.05, 4.69) is 5.32 Å². The second-order valence-electron chi connectivity index (χ2n) is 5.77. The van der Waals surface area contributed by atoms with Gasteiger partial charge in [-0.1, -0.05) is 18.9 Å². The SMILES string of the molecule is COc1ccc(CC(=O)O[C@@H](C)C(=O)NC2CCCC2)cc1F. The lowest BCUT2D eigenvalue weighted by atomic mass is 10.1. The van der Waals surface area contributed by atoms with Crippen LogP contribution in [0.4, 0.5) is 4.39 Å². The van der Waals surface area contributed by atoms with E-state index in [1.54, 1.807) is 6.07 Å². The summed E-state index contributed by atoms with van der Waals surface area (Å²) in [5, 5.41) is 2.88. The van der Waals surface area contributed by atoms with E-state index in [9.17, 15) is 14.0 Å². The Balaban J connectivity index is 1.83. The van der Waals surface area contributed by atoms with Crippen LogP contribution in [0, 0.1) is 5.82 Å². The van der Waals surface area contributed by atoms with Gasteiger partial charge in [0.25, 0.3) is 5.91 Å². The topological polar surface area (TPSA) is 64.6 Å². The Hall–Kier alpha value is -2.11. The molecule has 2 rings (SSSR count). The third kappa shape index (κ3) is 4.94. The molecule has 1 aromatic rings. The smallest absolute Gasteiger partial charge is 0.311 e. The molecule has 1 aromatic carbocycles. The summed E-state index contributed by atoms with van der Waals surface area (Å²) in [6.45, 7) is 1.54. The van der Waals surface area contributed by atoms with E-state index in [1.807, 2.05) is 0 Å². The van der Waals surface area contributed by atoms with Crippen LogP contribution in [-0.2, 0) is 20.7 Å². The van der Waals surface area contributed by atoms with E-state index in [4.69, 9.17) is 9.47 Å². The largest absolute Gasteiger partial charge is 0.494 e. The Bertz CT molecular complexity index is 570. The number of amides is 1. The van der Waals surface area contributed by atoms with Gasteiger partial charge in [0, 0.05) is 6.04 Å². The van der Waals surface area contributed by atoms with Crippen LogP contribution in [0.15, 0.2) is 18.2 Å². The third-order valence-electron chi connectivity index (χ3n) is 3.94. The van der Waals surface area contributed by atoms with E-state index >= 15 is 0 Å². The second-order valence-corrected chi connectivity index (χ2v) is 5.77. The van der Waals surface area contributed by atoms with Gasteiger partial charge in [-0.25, -0.2) is 4.39 Å². The average Bonchev–Trinajstić information content (AvgIpc) is 3.00. The molecular weight excluding hydrogens is 301 g/mol. The van der Waals surface area contributed by atoms with Crippen molar-refractivity contribution in [3.8, 4) is 5.75 Å². The number of carbonyl (C=O) groups excluding carboxylic acids is 2. The van der Waals surface area contributed by atoms with Crippen molar-refractivity contribution < 1.29 is 23.5 Å². The van der Waals surface area contributed by atoms with Gasteiger partial charge in [0.1, 0.15) is 0 Å². The molecule has 23 heavy (non-hydrogen) atoms. The number of esters is 1. The Morgan fingerprint density at radius 2 is 2.04 bits per heavy atom. The molecule has 0 spiro atoms. The number of carbonyl (C=O) groups is 2. The number of rotatable bonds is 6. The van der Waals surface area contributed by atoms with E-state index in [0.29, 0.717) is 5.56 Å². The highest BCUT2D eigenvalue weighted by Gasteiger charge is 2.23. The highest BCUT2D eigenvalue weighted by Crippen LogP contribution is 2.19. The first-order valence-corrected chi connectivity index (χ1v) is 7.82. The zero-order valence-electron chi connectivity index (χ0n) is 13.4. The molecule has 0 aromatic heterocycles. The maximum atomic E-state index is 13.6. The summed E-state index contributed by atoms with van der Waals surface area (Å²) in [6, 6.07) is 4.45. The highest BCUT2D eigenvalue weighted by molar-refractivity contribution is 5.84. The highest BCUT2D eigenvalue weighted by atomic mass is 19.1. The van der Waals surface area contributed by atoms with Gasteiger partial charge in [0.05, 0.1) is 13.5 Å². The third-order valence-corrected chi connectivity index (χ3v) is 3.94. The predicted octanol–water partition coefficient (Wildman–Crippen LogP) is 2.37. The fourth-order valence-electron chi connectivity index (χ4n) is 2.67. The van der Waals surface area contributed by atoms with Gasteiger partial charge in [0.15, 0.2) is 17.7 Å². The van der Waals surface area contributed by atoms with Crippen molar-refractivity contribution in [3.05, 3.63) is 29.6 Å².